The molecular weight excluding hydrogens is 238 g/mol. The molecule has 1 N–H and O–H groups in total. The quantitative estimate of drug-likeness (QED) is 0.516. The smallest absolute Gasteiger partial charge is 0.0718 e. The Bertz CT molecular complexity index is 366. The molecule has 0 spiro atoms. The topological polar surface area (TPSA) is 30.5 Å². The number of rotatable bonds is 10. The first-order valence-electron chi connectivity index (χ1n) is 6.79. The zero-order valence-corrected chi connectivity index (χ0v) is 12.0. The van der Waals surface area contributed by atoms with E-state index < -0.39 is 0 Å². The Morgan fingerprint density at radius 1 is 1.37 bits per heavy atom. The standard InChI is InChI=1S/C16H25NO2/c1-4-5-7-14(2)17-16-9-6-8-15(12-16)13-19-11-10-18-3/h4,6,8-9,12,14,17H,1,5,7,10-11,13H2,2-3H3. The van der Waals surface area contributed by atoms with Gasteiger partial charge in [0, 0.05) is 18.8 Å². The maximum Gasteiger partial charge on any atom is 0.0718 e. The van der Waals surface area contributed by atoms with Crippen LogP contribution in [0, 0.1) is 0 Å². The Morgan fingerprint density at radius 2 is 2.21 bits per heavy atom. The molecule has 0 aliphatic heterocycles. The van der Waals surface area contributed by atoms with Crippen LogP contribution in [0.2, 0.25) is 0 Å². The summed E-state index contributed by atoms with van der Waals surface area (Å²) in [6.07, 6.45) is 4.09. The minimum Gasteiger partial charge on any atom is -0.383 e. The van der Waals surface area contributed by atoms with Gasteiger partial charge in [-0.1, -0.05) is 18.2 Å². The van der Waals surface area contributed by atoms with Crippen LogP contribution < -0.4 is 5.32 Å². The van der Waals surface area contributed by atoms with Crippen LogP contribution in [-0.4, -0.2) is 26.4 Å². The number of methoxy groups -OCH3 is 1. The van der Waals surface area contributed by atoms with Crippen molar-refractivity contribution in [2.75, 3.05) is 25.6 Å². The predicted molar refractivity (Wildman–Crippen MR) is 80.5 cm³/mol. The monoisotopic (exact) mass is 263 g/mol. The Kier molecular flexibility index (Phi) is 7.94. The fourth-order valence-electron chi connectivity index (χ4n) is 1.81. The summed E-state index contributed by atoms with van der Waals surface area (Å²) in [5.41, 5.74) is 2.32. The number of benzene rings is 1. The molecule has 0 saturated heterocycles. The van der Waals surface area contributed by atoms with E-state index in [-0.39, 0.29) is 0 Å². The van der Waals surface area contributed by atoms with Gasteiger partial charge in [-0.2, -0.15) is 0 Å². The van der Waals surface area contributed by atoms with E-state index in [2.05, 4.69) is 43.1 Å². The fraction of sp³-hybridized carbons (Fsp3) is 0.500. The van der Waals surface area contributed by atoms with Crippen LogP contribution in [0.1, 0.15) is 25.3 Å². The van der Waals surface area contributed by atoms with Crippen LogP contribution in [0.5, 0.6) is 0 Å². The number of anilines is 1. The molecule has 0 fully saturated rings. The third kappa shape index (κ3) is 6.99. The van der Waals surface area contributed by atoms with E-state index in [0.717, 1.165) is 18.5 Å². The van der Waals surface area contributed by atoms with Crippen LogP contribution in [0.4, 0.5) is 5.69 Å². The largest absolute Gasteiger partial charge is 0.383 e. The minimum atomic E-state index is 0.447. The highest BCUT2D eigenvalue weighted by molar-refractivity contribution is 5.46. The van der Waals surface area contributed by atoms with Gasteiger partial charge in [0.2, 0.25) is 0 Å². The normalized spacial score (nSPS) is 12.1. The molecule has 0 bridgehead atoms. The first-order valence-corrected chi connectivity index (χ1v) is 6.79. The van der Waals surface area contributed by atoms with E-state index >= 15 is 0 Å². The summed E-state index contributed by atoms with van der Waals surface area (Å²) in [4.78, 5) is 0. The fourth-order valence-corrected chi connectivity index (χ4v) is 1.81. The number of nitrogens with one attached hydrogen (secondary N) is 1. The number of ether oxygens (including phenoxy) is 2. The predicted octanol–water partition coefficient (Wildman–Crippen LogP) is 3.62. The minimum absolute atomic E-state index is 0.447. The summed E-state index contributed by atoms with van der Waals surface area (Å²) >= 11 is 0. The Balaban J connectivity index is 2.40. The molecule has 1 unspecified atom stereocenters. The van der Waals surface area contributed by atoms with Crippen molar-refractivity contribution in [1.29, 1.82) is 0 Å². The summed E-state index contributed by atoms with van der Waals surface area (Å²) in [6, 6.07) is 8.80. The molecule has 0 aliphatic rings. The van der Waals surface area contributed by atoms with E-state index in [1.54, 1.807) is 7.11 Å². The molecule has 1 rings (SSSR count). The molecule has 0 aliphatic carbocycles. The summed E-state index contributed by atoms with van der Waals surface area (Å²) in [5, 5.41) is 3.49. The highest BCUT2D eigenvalue weighted by Crippen LogP contribution is 2.14. The highest BCUT2D eigenvalue weighted by Gasteiger charge is 2.02. The second-order valence-corrected chi connectivity index (χ2v) is 4.66. The second kappa shape index (κ2) is 9.59. The van der Waals surface area contributed by atoms with Gasteiger partial charge in [0.15, 0.2) is 0 Å². The molecule has 0 saturated carbocycles. The molecule has 0 amide bonds. The first-order chi connectivity index (χ1) is 9.26. The molecule has 106 valence electrons. The lowest BCUT2D eigenvalue weighted by molar-refractivity contribution is 0.0617. The van der Waals surface area contributed by atoms with Crippen LogP contribution in [0.3, 0.4) is 0 Å². The van der Waals surface area contributed by atoms with Crippen molar-refractivity contribution in [3.05, 3.63) is 42.5 Å². The molecule has 0 radical (unpaired) electrons. The SMILES string of the molecule is C=CCCC(C)Nc1cccc(COCCOC)c1. The summed E-state index contributed by atoms with van der Waals surface area (Å²) in [7, 11) is 1.68. The zero-order chi connectivity index (χ0) is 13.9. The molecule has 3 nitrogen and oxygen atoms in total. The number of hydrogen-bond donors (Lipinski definition) is 1. The molecule has 0 aromatic heterocycles. The second-order valence-electron chi connectivity index (χ2n) is 4.66. The van der Waals surface area contributed by atoms with E-state index in [1.807, 2.05) is 6.08 Å². The molecule has 1 aromatic carbocycles. The van der Waals surface area contributed by atoms with Gasteiger partial charge in [0.25, 0.3) is 0 Å². The van der Waals surface area contributed by atoms with E-state index in [1.165, 1.54) is 5.56 Å². The van der Waals surface area contributed by atoms with Crippen LogP contribution in [0.25, 0.3) is 0 Å². The van der Waals surface area contributed by atoms with Gasteiger partial charge in [-0.25, -0.2) is 0 Å². The first kappa shape index (κ1) is 15.7. The average Bonchev–Trinajstić information content (AvgIpc) is 2.42. The van der Waals surface area contributed by atoms with Gasteiger partial charge in [-0.05, 0) is 37.5 Å². The number of allylic oxidation sites excluding steroid dienone is 1. The lowest BCUT2D eigenvalue weighted by Crippen LogP contribution is -2.14. The van der Waals surface area contributed by atoms with Crippen molar-refractivity contribution in [1.82, 2.24) is 0 Å². The Labute approximate surface area is 116 Å². The van der Waals surface area contributed by atoms with Gasteiger partial charge in [-0.15, -0.1) is 6.58 Å². The molecular formula is C16H25NO2. The van der Waals surface area contributed by atoms with Gasteiger partial charge in [0.1, 0.15) is 0 Å². The van der Waals surface area contributed by atoms with E-state index in [9.17, 15) is 0 Å². The van der Waals surface area contributed by atoms with E-state index in [0.29, 0.717) is 25.9 Å². The van der Waals surface area contributed by atoms with Crippen molar-refractivity contribution in [2.24, 2.45) is 0 Å². The Hall–Kier alpha value is -1.32. The average molecular weight is 263 g/mol. The van der Waals surface area contributed by atoms with Crippen molar-refractivity contribution in [3.63, 3.8) is 0 Å². The molecule has 3 heteroatoms. The molecule has 1 atom stereocenters. The van der Waals surface area contributed by atoms with Crippen LogP contribution >= 0.6 is 0 Å². The maximum absolute atomic E-state index is 5.52. The van der Waals surface area contributed by atoms with Crippen molar-refractivity contribution in [2.45, 2.75) is 32.4 Å². The molecule has 19 heavy (non-hydrogen) atoms. The van der Waals surface area contributed by atoms with E-state index in [4.69, 9.17) is 9.47 Å². The lowest BCUT2D eigenvalue weighted by atomic mass is 10.1. The van der Waals surface area contributed by atoms with Gasteiger partial charge in [-0.3, -0.25) is 0 Å². The summed E-state index contributed by atoms with van der Waals surface area (Å²) in [6.45, 7) is 7.82. The molecule has 1 aromatic rings. The summed E-state index contributed by atoms with van der Waals surface area (Å²) < 4.78 is 10.5. The van der Waals surface area contributed by atoms with Gasteiger partial charge >= 0.3 is 0 Å². The van der Waals surface area contributed by atoms with Crippen LogP contribution in [0.15, 0.2) is 36.9 Å². The van der Waals surface area contributed by atoms with Crippen molar-refractivity contribution >= 4 is 5.69 Å². The zero-order valence-electron chi connectivity index (χ0n) is 12.0. The Morgan fingerprint density at radius 3 is 2.95 bits per heavy atom. The van der Waals surface area contributed by atoms with Crippen molar-refractivity contribution in [3.8, 4) is 0 Å². The lowest BCUT2D eigenvalue weighted by Gasteiger charge is -2.15. The third-order valence-corrected chi connectivity index (χ3v) is 2.84. The van der Waals surface area contributed by atoms with Crippen molar-refractivity contribution < 1.29 is 9.47 Å². The third-order valence-electron chi connectivity index (χ3n) is 2.84. The highest BCUT2D eigenvalue weighted by atomic mass is 16.5. The number of hydrogen-bond acceptors (Lipinski definition) is 3. The summed E-state index contributed by atoms with van der Waals surface area (Å²) in [5.74, 6) is 0. The maximum atomic E-state index is 5.52. The van der Waals surface area contributed by atoms with Gasteiger partial charge in [0.05, 0.1) is 19.8 Å². The van der Waals surface area contributed by atoms with Crippen LogP contribution in [-0.2, 0) is 16.1 Å². The molecule has 0 heterocycles. The van der Waals surface area contributed by atoms with Gasteiger partial charge < -0.3 is 14.8 Å².